The number of thiazole rings is 1. The topological polar surface area (TPSA) is 51.2 Å². The van der Waals surface area contributed by atoms with Gasteiger partial charge in [0.2, 0.25) is 0 Å². The molecule has 0 saturated carbocycles. The van der Waals surface area contributed by atoms with Crippen molar-refractivity contribution in [1.82, 2.24) is 10.3 Å². The van der Waals surface area contributed by atoms with Crippen LogP contribution in [0, 0.1) is 0 Å². The molecule has 0 aliphatic rings. The zero-order valence-electron chi connectivity index (χ0n) is 7.04. The average Bonchev–Trinajstić information content (AvgIpc) is 2.51. The predicted octanol–water partition coefficient (Wildman–Crippen LogP) is 1.06. The van der Waals surface area contributed by atoms with Crippen LogP contribution in [0.5, 0.6) is 0 Å². The third-order valence-electron chi connectivity index (χ3n) is 1.30. The highest BCUT2D eigenvalue weighted by molar-refractivity contribution is 7.15. The fourth-order valence-electron chi connectivity index (χ4n) is 0.713. The van der Waals surface area contributed by atoms with Gasteiger partial charge in [-0.3, -0.25) is 4.79 Å². The number of carbonyl (C=O) groups excluding carboxylic acids is 1. The molecular formula is C7H9ClN2O2S. The highest BCUT2D eigenvalue weighted by Crippen LogP contribution is 2.17. The van der Waals surface area contributed by atoms with Crippen LogP contribution in [0.25, 0.3) is 0 Å². The molecule has 13 heavy (non-hydrogen) atoms. The van der Waals surface area contributed by atoms with E-state index in [4.69, 9.17) is 11.6 Å². The maximum absolute atomic E-state index is 10.7. The Bertz CT molecular complexity index is 290. The molecule has 6 heteroatoms. The minimum Gasteiger partial charge on any atom is -0.468 e. The molecule has 0 aliphatic heterocycles. The summed E-state index contributed by atoms with van der Waals surface area (Å²) in [6.45, 7) is 0.722. The van der Waals surface area contributed by atoms with Gasteiger partial charge in [0.15, 0.2) is 0 Å². The summed E-state index contributed by atoms with van der Waals surface area (Å²) < 4.78 is 5.10. The van der Waals surface area contributed by atoms with E-state index < -0.39 is 0 Å². The summed E-state index contributed by atoms with van der Waals surface area (Å²) in [6, 6.07) is 0. The van der Waals surface area contributed by atoms with E-state index in [9.17, 15) is 4.79 Å². The molecule has 0 atom stereocenters. The SMILES string of the molecule is COC(=O)CNCc1ncc(Cl)s1. The van der Waals surface area contributed by atoms with Crippen molar-refractivity contribution in [3.05, 3.63) is 15.5 Å². The number of halogens is 1. The minimum absolute atomic E-state index is 0.188. The molecule has 0 aromatic carbocycles. The molecule has 4 nitrogen and oxygen atoms in total. The van der Waals surface area contributed by atoms with Gasteiger partial charge >= 0.3 is 5.97 Å². The van der Waals surface area contributed by atoms with E-state index in [1.165, 1.54) is 18.4 Å². The minimum atomic E-state index is -0.289. The van der Waals surface area contributed by atoms with Gasteiger partial charge in [-0.05, 0) is 0 Å². The Balaban J connectivity index is 2.24. The van der Waals surface area contributed by atoms with Crippen LogP contribution >= 0.6 is 22.9 Å². The second-order valence-electron chi connectivity index (χ2n) is 2.24. The molecule has 0 amide bonds. The molecule has 0 bridgehead atoms. The highest BCUT2D eigenvalue weighted by atomic mass is 35.5. The number of hydrogen-bond acceptors (Lipinski definition) is 5. The monoisotopic (exact) mass is 220 g/mol. The number of hydrogen-bond donors (Lipinski definition) is 1. The quantitative estimate of drug-likeness (QED) is 0.771. The van der Waals surface area contributed by atoms with Gasteiger partial charge in [0.05, 0.1) is 19.9 Å². The fraction of sp³-hybridized carbons (Fsp3) is 0.429. The van der Waals surface area contributed by atoms with Crippen LogP contribution in [0.3, 0.4) is 0 Å². The van der Waals surface area contributed by atoms with Gasteiger partial charge < -0.3 is 10.1 Å². The predicted molar refractivity (Wildman–Crippen MR) is 50.8 cm³/mol. The third kappa shape index (κ3) is 3.71. The van der Waals surface area contributed by atoms with Gasteiger partial charge in [-0.15, -0.1) is 11.3 Å². The molecule has 1 N–H and O–H groups in total. The van der Waals surface area contributed by atoms with Crippen LogP contribution in [0.15, 0.2) is 6.20 Å². The largest absolute Gasteiger partial charge is 0.468 e. The van der Waals surface area contributed by atoms with Crippen molar-refractivity contribution in [2.75, 3.05) is 13.7 Å². The molecule has 1 rings (SSSR count). The maximum Gasteiger partial charge on any atom is 0.319 e. The number of methoxy groups -OCH3 is 1. The van der Waals surface area contributed by atoms with E-state index in [1.54, 1.807) is 6.20 Å². The van der Waals surface area contributed by atoms with Gasteiger partial charge in [0.25, 0.3) is 0 Å². The van der Waals surface area contributed by atoms with Crippen LogP contribution < -0.4 is 5.32 Å². The third-order valence-corrected chi connectivity index (χ3v) is 2.41. The molecule has 0 spiro atoms. The van der Waals surface area contributed by atoms with Crippen molar-refractivity contribution in [2.24, 2.45) is 0 Å². The molecule has 0 fully saturated rings. The average molecular weight is 221 g/mol. The smallest absolute Gasteiger partial charge is 0.319 e. The summed E-state index contributed by atoms with van der Waals surface area (Å²) in [5.74, 6) is -0.289. The van der Waals surface area contributed by atoms with Crippen molar-refractivity contribution in [3.8, 4) is 0 Å². The first-order valence-corrected chi connectivity index (χ1v) is 4.79. The van der Waals surface area contributed by atoms with Crippen LogP contribution in [0.4, 0.5) is 0 Å². The lowest BCUT2D eigenvalue weighted by Gasteiger charge is -1.99. The van der Waals surface area contributed by atoms with E-state index in [1.807, 2.05) is 0 Å². The molecule has 72 valence electrons. The van der Waals surface area contributed by atoms with Crippen molar-refractivity contribution in [3.63, 3.8) is 0 Å². The summed E-state index contributed by atoms with van der Waals surface area (Å²) in [5, 5.41) is 3.74. The molecular weight excluding hydrogens is 212 g/mol. The Kier molecular flexibility index (Phi) is 4.14. The summed E-state index contributed by atoms with van der Waals surface area (Å²) in [7, 11) is 1.35. The lowest BCUT2D eigenvalue weighted by molar-refractivity contribution is -0.139. The Morgan fingerprint density at radius 3 is 3.15 bits per heavy atom. The Hall–Kier alpha value is -0.650. The number of carbonyl (C=O) groups is 1. The summed E-state index contributed by atoms with van der Waals surface area (Å²) in [6.07, 6.45) is 1.58. The van der Waals surface area contributed by atoms with Crippen molar-refractivity contribution in [2.45, 2.75) is 6.54 Å². The van der Waals surface area contributed by atoms with E-state index in [0.29, 0.717) is 10.9 Å². The van der Waals surface area contributed by atoms with Gasteiger partial charge in [0, 0.05) is 6.54 Å². The second-order valence-corrected chi connectivity index (χ2v) is 3.98. The van der Waals surface area contributed by atoms with E-state index in [2.05, 4.69) is 15.0 Å². The van der Waals surface area contributed by atoms with E-state index >= 15 is 0 Å². The summed E-state index contributed by atoms with van der Waals surface area (Å²) >= 11 is 7.05. The second kappa shape index (κ2) is 5.16. The zero-order chi connectivity index (χ0) is 9.68. The molecule has 0 radical (unpaired) electrons. The normalized spacial score (nSPS) is 10.0. The lowest BCUT2D eigenvalue weighted by atomic mass is 10.6. The van der Waals surface area contributed by atoms with Crippen molar-refractivity contribution < 1.29 is 9.53 Å². The van der Waals surface area contributed by atoms with Crippen molar-refractivity contribution in [1.29, 1.82) is 0 Å². The van der Waals surface area contributed by atoms with Gasteiger partial charge in [-0.1, -0.05) is 11.6 Å². The number of rotatable bonds is 4. The number of nitrogens with one attached hydrogen (secondary N) is 1. The van der Waals surface area contributed by atoms with Gasteiger partial charge in [-0.25, -0.2) is 4.98 Å². The Morgan fingerprint density at radius 1 is 1.85 bits per heavy atom. The van der Waals surface area contributed by atoms with Crippen molar-refractivity contribution >= 4 is 28.9 Å². The maximum atomic E-state index is 10.7. The van der Waals surface area contributed by atoms with Crippen LogP contribution in [0.2, 0.25) is 4.34 Å². The first-order chi connectivity index (χ1) is 6.22. The molecule has 1 aromatic heterocycles. The van der Waals surface area contributed by atoms with Crippen LogP contribution in [0.1, 0.15) is 5.01 Å². The van der Waals surface area contributed by atoms with Gasteiger partial charge in [0.1, 0.15) is 9.34 Å². The Morgan fingerprint density at radius 2 is 2.62 bits per heavy atom. The number of esters is 1. The number of ether oxygens (including phenoxy) is 1. The van der Waals surface area contributed by atoms with Crippen LogP contribution in [-0.4, -0.2) is 24.6 Å². The summed E-state index contributed by atoms with van der Waals surface area (Å²) in [4.78, 5) is 14.7. The first kappa shape index (κ1) is 10.4. The zero-order valence-corrected chi connectivity index (χ0v) is 8.61. The van der Waals surface area contributed by atoms with Crippen LogP contribution in [-0.2, 0) is 16.1 Å². The number of aromatic nitrogens is 1. The lowest BCUT2D eigenvalue weighted by Crippen LogP contribution is -2.23. The highest BCUT2D eigenvalue weighted by Gasteiger charge is 2.01. The summed E-state index contributed by atoms with van der Waals surface area (Å²) in [5.41, 5.74) is 0. The molecule has 0 aliphatic carbocycles. The first-order valence-electron chi connectivity index (χ1n) is 3.60. The van der Waals surface area contributed by atoms with E-state index in [0.717, 1.165) is 5.01 Å². The van der Waals surface area contributed by atoms with E-state index in [-0.39, 0.29) is 12.5 Å². The fourth-order valence-corrected chi connectivity index (χ4v) is 1.64. The molecule has 0 saturated heterocycles. The molecule has 1 aromatic rings. The molecule has 1 heterocycles. The number of nitrogens with zero attached hydrogens (tertiary/aromatic N) is 1. The molecule has 0 unspecified atom stereocenters. The standard InChI is InChI=1S/C7H9ClN2O2S/c1-12-7(11)4-9-3-6-10-2-5(8)13-6/h2,9H,3-4H2,1H3. The Labute approximate surface area is 84.9 Å². The van der Waals surface area contributed by atoms with Gasteiger partial charge in [-0.2, -0.15) is 0 Å².